The molecule has 1 fully saturated rings. The van der Waals surface area contributed by atoms with Crippen LogP contribution in [0.5, 0.6) is 0 Å². The third-order valence-corrected chi connectivity index (χ3v) is 4.95. The number of hydrogen-bond donors (Lipinski definition) is 2. The molecule has 2 N–H and O–H groups in total. The molecule has 128 valence electrons. The summed E-state index contributed by atoms with van der Waals surface area (Å²) in [5.41, 5.74) is -0.961. The summed E-state index contributed by atoms with van der Waals surface area (Å²) in [6.45, 7) is 1.74. The summed E-state index contributed by atoms with van der Waals surface area (Å²) < 4.78 is 37.8. The molecule has 0 bridgehead atoms. The molecule has 1 aromatic heterocycles. The largest absolute Gasteiger partial charge is 0.481 e. The second-order valence-electron chi connectivity index (χ2n) is 5.58. The van der Waals surface area contributed by atoms with Crippen molar-refractivity contribution in [1.29, 1.82) is 0 Å². The van der Waals surface area contributed by atoms with Crippen molar-refractivity contribution in [3.8, 4) is 0 Å². The van der Waals surface area contributed by atoms with E-state index in [1.165, 1.54) is 0 Å². The zero-order valence-electron chi connectivity index (χ0n) is 12.4. The van der Waals surface area contributed by atoms with Gasteiger partial charge in [-0.3, -0.25) is 9.59 Å². The van der Waals surface area contributed by atoms with Gasteiger partial charge in [-0.2, -0.15) is 13.2 Å². The summed E-state index contributed by atoms with van der Waals surface area (Å²) in [5, 5.41) is 12.8. The highest BCUT2D eigenvalue weighted by molar-refractivity contribution is 7.09. The number of nitrogens with zero attached hydrogens (tertiary/aromatic N) is 1. The van der Waals surface area contributed by atoms with E-state index in [-0.39, 0.29) is 17.3 Å². The van der Waals surface area contributed by atoms with Crippen LogP contribution in [-0.2, 0) is 15.8 Å². The van der Waals surface area contributed by atoms with Gasteiger partial charge in [0.15, 0.2) is 5.69 Å². The Labute approximate surface area is 134 Å². The van der Waals surface area contributed by atoms with Gasteiger partial charge in [0.25, 0.3) is 0 Å². The van der Waals surface area contributed by atoms with Crippen molar-refractivity contribution in [3.63, 3.8) is 0 Å². The number of alkyl halides is 3. The quantitative estimate of drug-likeness (QED) is 0.854. The molecule has 1 aromatic rings. The van der Waals surface area contributed by atoms with E-state index in [1.807, 2.05) is 0 Å². The van der Waals surface area contributed by atoms with Crippen LogP contribution in [0.3, 0.4) is 0 Å². The van der Waals surface area contributed by atoms with Crippen molar-refractivity contribution in [3.05, 3.63) is 16.1 Å². The van der Waals surface area contributed by atoms with Gasteiger partial charge in [-0.25, -0.2) is 4.98 Å². The minimum atomic E-state index is -4.50. The molecule has 2 rings (SSSR count). The number of aliphatic carboxylic acids is 1. The maximum absolute atomic E-state index is 12.6. The lowest BCUT2D eigenvalue weighted by molar-refractivity contribution is -0.142. The Morgan fingerprint density at radius 1 is 1.43 bits per heavy atom. The number of carbonyl (C=O) groups is 2. The Morgan fingerprint density at radius 2 is 2.09 bits per heavy atom. The Balaban J connectivity index is 2.01. The molecule has 1 aliphatic carbocycles. The molecule has 1 unspecified atom stereocenters. The zero-order valence-corrected chi connectivity index (χ0v) is 13.2. The first-order valence-electron chi connectivity index (χ1n) is 7.28. The maximum Gasteiger partial charge on any atom is 0.434 e. The molecule has 0 aromatic carbocycles. The number of halogens is 3. The Hall–Kier alpha value is -1.64. The van der Waals surface area contributed by atoms with Crippen LogP contribution >= 0.6 is 11.3 Å². The number of carboxylic acid groups (broad SMARTS) is 1. The van der Waals surface area contributed by atoms with Crippen molar-refractivity contribution in [2.24, 2.45) is 11.8 Å². The SMILES string of the molecule is CCC(NC(=O)[C@@H]1CC[C@H](C(=O)O)C1)c1nc(C(F)(F)F)cs1. The fourth-order valence-corrected chi connectivity index (χ4v) is 3.61. The van der Waals surface area contributed by atoms with E-state index in [1.54, 1.807) is 6.92 Å². The maximum atomic E-state index is 12.6. The zero-order chi connectivity index (χ0) is 17.2. The van der Waals surface area contributed by atoms with E-state index in [0.29, 0.717) is 19.3 Å². The first-order chi connectivity index (χ1) is 10.7. The summed E-state index contributed by atoms with van der Waals surface area (Å²) in [6, 6.07) is -0.590. The summed E-state index contributed by atoms with van der Waals surface area (Å²) >= 11 is 0.859. The number of aromatic nitrogens is 1. The van der Waals surface area contributed by atoms with Gasteiger partial charge < -0.3 is 10.4 Å². The molecule has 1 aliphatic rings. The average Bonchev–Trinajstić information content (AvgIpc) is 3.12. The van der Waals surface area contributed by atoms with E-state index in [0.717, 1.165) is 16.7 Å². The molecule has 0 aliphatic heterocycles. The van der Waals surface area contributed by atoms with E-state index in [4.69, 9.17) is 5.11 Å². The number of rotatable bonds is 5. The number of amides is 1. The van der Waals surface area contributed by atoms with Gasteiger partial charge >= 0.3 is 12.1 Å². The highest BCUT2D eigenvalue weighted by atomic mass is 32.1. The molecule has 1 amide bonds. The summed E-state index contributed by atoms with van der Waals surface area (Å²) in [4.78, 5) is 26.7. The highest BCUT2D eigenvalue weighted by Gasteiger charge is 2.36. The van der Waals surface area contributed by atoms with Crippen LogP contribution in [0, 0.1) is 11.8 Å². The smallest absolute Gasteiger partial charge is 0.434 e. The molecule has 3 atom stereocenters. The van der Waals surface area contributed by atoms with Crippen molar-refractivity contribution >= 4 is 23.2 Å². The van der Waals surface area contributed by atoms with E-state index in [2.05, 4.69) is 10.3 Å². The van der Waals surface area contributed by atoms with Crippen LogP contribution < -0.4 is 5.32 Å². The molecule has 1 saturated carbocycles. The van der Waals surface area contributed by atoms with Gasteiger partial charge in [-0.15, -0.1) is 11.3 Å². The number of nitrogens with one attached hydrogen (secondary N) is 1. The lowest BCUT2D eigenvalue weighted by atomic mass is 10.0. The molecule has 0 spiro atoms. The number of carboxylic acids is 1. The molecule has 5 nitrogen and oxygen atoms in total. The minimum absolute atomic E-state index is 0.209. The van der Waals surface area contributed by atoms with Crippen LogP contribution in [0.1, 0.15) is 49.4 Å². The van der Waals surface area contributed by atoms with Crippen LogP contribution in [0.2, 0.25) is 0 Å². The first kappa shape index (κ1) is 17.7. The monoisotopic (exact) mass is 350 g/mol. The first-order valence-corrected chi connectivity index (χ1v) is 8.16. The third-order valence-electron chi connectivity index (χ3n) is 3.99. The molecule has 0 radical (unpaired) electrons. The van der Waals surface area contributed by atoms with Crippen LogP contribution in [0.15, 0.2) is 5.38 Å². The standard InChI is InChI=1S/C14H17F3N2O3S/c1-2-9(12-19-10(6-23-12)14(15,16)17)18-11(20)7-3-4-8(5-7)13(21)22/h6-9H,2-5H2,1H3,(H,18,20)(H,21,22)/t7-,8+,9?/m1/s1. The predicted molar refractivity (Wildman–Crippen MR) is 76.8 cm³/mol. The predicted octanol–water partition coefficient (Wildman–Crippen LogP) is 3.23. The van der Waals surface area contributed by atoms with Crippen molar-refractivity contribution in [2.45, 2.75) is 44.8 Å². The van der Waals surface area contributed by atoms with Crippen LogP contribution in [-0.4, -0.2) is 22.0 Å². The molecule has 9 heteroatoms. The van der Waals surface area contributed by atoms with E-state index < -0.39 is 35.7 Å². The molecule has 0 saturated heterocycles. The number of carbonyl (C=O) groups excluding carboxylic acids is 1. The van der Waals surface area contributed by atoms with Gasteiger partial charge in [0.05, 0.1) is 12.0 Å². The topological polar surface area (TPSA) is 79.3 Å². The second kappa shape index (κ2) is 6.86. The summed E-state index contributed by atoms with van der Waals surface area (Å²) in [7, 11) is 0. The normalized spacial score (nSPS) is 22.8. The molecular weight excluding hydrogens is 333 g/mol. The van der Waals surface area contributed by atoms with Gasteiger partial charge in [0, 0.05) is 11.3 Å². The second-order valence-corrected chi connectivity index (χ2v) is 6.47. The highest BCUT2D eigenvalue weighted by Crippen LogP contribution is 2.34. The number of hydrogen-bond acceptors (Lipinski definition) is 4. The Morgan fingerprint density at radius 3 is 2.57 bits per heavy atom. The van der Waals surface area contributed by atoms with Crippen LogP contribution in [0.4, 0.5) is 13.2 Å². The molecule has 23 heavy (non-hydrogen) atoms. The van der Waals surface area contributed by atoms with Gasteiger partial charge in [-0.05, 0) is 25.7 Å². The van der Waals surface area contributed by atoms with Gasteiger partial charge in [-0.1, -0.05) is 6.92 Å². The molecule has 1 heterocycles. The lowest BCUT2D eigenvalue weighted by Crippen LogP contribution is -2.33. The van der Waals surface area contributed by atoms with Crippen molar-refractivity contribution in [2.75, 3.05) is 0 Å². The van der Waals surface area contributed by atoms with Crippen molar-refractivity contribution in [1.82, 2.24) is 10.3 Å². The Kier molecular flexibility index (Phi) is 5.28. The Bertz CT molecular complexity index is 588. The average molecular weight is 350 g/mol. The van der Waals surface area contributed by atoms with E-state index in [9.17, 15) is 22.8 Å². The fourth-order valence-electron chi connectivity index (χ4n) is 2.65. The van der Waals surface area contributed by atoms with Crippen LogP contribution in [0.25, 0.3) is 0 Å². The van der Waals surface area contributed by atoms with Gasteiger partial charge in [0.1, 0.15) is 5.01 Å². The van der Waals surface area contributed by atoms with Crippen molar-refractivity contribution < 1.29 is 27.9 Å². The number of thiazole rings is 1. The lowest BCUT2D eigenvalue weighted by Gasteiger charge is -2.17. The van der Waals surface area contributed by atoms with Gasteiger partial charge in [0.2, 0.25) is 5.91 Å². The third kappa shape index (κ3) is 4.21. The summed E-state index contributed by atoms with van der Waals surface area (Å²) in [6.07, 6.45) is -2.91. The summed E-state index contributed by atoms with van der Waals surface area (Å²) in [5.74, 6) is -2.17. The fraction of sp³-hybridized carbons (Fsp3) is 0.643. The molecular formula is C14H17F3N2O3S. The van der Waals surface area contributed by atoms with E-state index >= 15 is 0 Å². The minimum Gasteiger partial charge on any atom is -0.481 e.